The summed E-state index contributed by atoms with van der Waals surface area (Å²) in [5.41, 5.74) is 0. The van der Waals surface area contributed by atoms with Gasteiger partial charge in [-0.05, 0) is 12.1 Å². The maximum atomic E-state index is 12.6. The summed E-state index contributed by atoms with van der Waals surface area (Å²) < 4.78 is 32.0. The SMILES string of the molecule is Cc1nnc(CCN2CCN(S(=O)(=O)c3ccccc3)CC2)o1. The van der Waals surface area contributed by atoms with Crippen LogP contribution in [0.4, 0.5) is 0 Å². The van der Waals surface area contributed by atoms with Crippen molar-refractivity contribution >= 4 is 10.0 Å². The molecule has 1 saturated heterocycles. The Bertz CT molecular complexity index is 737. The Morgan fingerprint density at radius 3 is 2.39 bits per heavy atom. The minimum absolute atomic E-state index is 0.356. The first kappa shape index (κ1) is 16.1. The third-order valence-corrected chi connectivity index (χ3v) is 5.83. The van der Waals surface area contributed by atoms with Crippen LogP contribution in [-0.4, -0.2) is 60.5 Å². The molecule has 0 aliphatic carbocycles. The predicted octanol–water partition coefficient (Wildman–Crippen LogP) is 0.927. The molecule has 124 valence electrons. The third-order valence-electron chi connectivity index (χ3n) is 3.92. The smallest absolute Gasteiger partial charge is 0.243 e. The fourth-order valence-corrected chi connectivity index (χ4v) is 4.07. The summed E-state index contributed by atoms with van der Waals surface area (Å²) in [7, 11) is -3.38. The number of sulfonamides is 1. The average Bonchev–Trinajstić information content (AvgIpc) is 3.00. The van der Waals surface area contributed by atoms with Crippen molar-refractivity contribution in [2.75, 3.05) is 32.7 Å². The lowest BCUT2D eigenvalue weighted by Crippen LogP contribution is -2.49. The molecule has 8 heteroatoms. The molecule has 3 rings (SSSR count). The Morgan fingerprint density at radius 1 is 1.09 bits per heavy atom. The minimum Gasteiger partial charge on any atom is -0.426 e. The van der Waals surface area contributed by atoms with E-state index < -0.39 is 10.0 Å². The molecule has 1 aromatic carbocycles. The molecular weight excluding hydrogens is 316 g/mol. The Labute approximate surface area is 136 Å². The van der Waals surface area contributed by atoms with Crippen LogP contribution in [0.15, 0.2) is 39.6 Å². The van der Waals surface area contributed by atoms with Crippen LogP contribution in [0.1, 0.15) is 11.8 Å². The van der Waals surface area contributed by atoms with Gasteiger partial charge in [-0.25, -0.2) is 8.42 Å². The third kappa shape index (κ3) is 3.77. The van der Waals surface area contributed by atoms with Crippen molar-refractivity contribution in [1.29, 1.82) is 0 Å². The van der Waals surface area contributed by atoms with Crippen LogP contribution in [0.5, 0.6) is 0 Å². The van der Waals surface area contributed by atoms with Gasteiger partial charge in [-0.15, -0.1) is 10.2 Å². The van der Waals surface area contributed by atoms with E-state index in [9.17, 15) is 8.42 Å². The van der Waals surface area contributed by atoms with E-state index in [0.717, 1.165) is 6.54 Å². The normalized spacial score (nSPS) is 17.4. The number of piperazine rings is 1. The van der Waals surface area contributed by atoms with E-state index in [1.165, 1.54) is 0 Å². The number of hydrogen-bond acceptors (Lipinski definition) is 6. The number of aromatic nitrogens is 2. The van der Waals surface area contributed by atoms with Crippen LogP contribution in [0, 0.1) is 6.92 Å². The monoisotopic (exact) mass is 336 g/mol. The molecule has 0 bridgehead atoms. The molecule has 0 saturated carbocycles. The van der Waals surface area contributed by atoms with Gasteiger partial charge in [0.15, 0.2) is 0 Å². The van der Waals surface area contributed by atoms with Crippen LogP contribution in [-0.2, 0) is 16.4 Å². The van der Waals surface area contributed by atoms with Crippen LogP contribution in [0.2, 0.25) is 0 Å². The summed E-state index contributed by atoms with van der Waals surface area (Å²) in [5.74, 6) is 1.20. The molecule has 1 aromatic heterocycles. The van der Waals surface area contributed by atoms with Gasteiger partial charge in [-0.1, -0.05) is 18.2 Å². The number of rotatable bonds is 5. The van der Waals surface area contributed by atoms with Gasteiger partial charge in [0, 0.05) is 46.1 Å². The maximum Gasteiger partial charge on any atom is 0.243 e. The van der Waals surface area contributed by atoms with E-state index in [4.69, 9.17) is 4.42 Å². The summed E-state index contributed by atoms with van der Waals surface area (Å²) in [4.78, 5) is 2.58. The summed E-state index contributed by atoms with van der Waals surface area (Å²) in [6, 6.07) is 8.58. The van der Waals surface area contributed by atoms with Crippen molar-refractivity contribution in [2.45, 2.75) is 18.2 Å². The van der Waals surface area contributed by atoms with Gasteiger partial charge in [-0.2, -0.15) is 4.31 Å². The predicted molar refractivity (Wildman–Crippen MR) is 84.4 cm³/mol. The van der Waals surface area contributed by atoms with Crippen molar-refractivity contribution in [3.8, 4) is 0 Å². The van der Waals surface area contributed by atoms with E-state index in [0.29, 0.717) is 49.3 Å². The van der Waals surface area contributed by atoms with Gasteiger partial charge >= 0.3 is 0 Å². The number of benzene rings is 1. The second-order valence-electron chi connectivity index (χ2n) is 5.52. The number of aryl methyl sites for hydroxylation is 1. The maximum absolute atomic E-state index is 12.6. The zero-order valence-electron chi connectivity index (χ0n) is 13.1. The Hall–Kier alpha value is -1.77. The lowest BCUT2D eigenvalue weighted by molar-refractivity contribution is 0.186. The van der Waals surface area contributed by atoms with E-state index in [1.54, 1.807) is 35.5 Å². The molecule has 0 radical (unpaired) electrons. The lowest BCUT2D eigenvalue weighted by Gasteiger charge is -2.33. The van der Waals surface area contributed by atoms with Crippen molar-refractivity contribution in [3.63, 3.8) is 0 Å². The fraction of sp³-hybridized carbons (Fsp3) is 0.467. The molecule has 2 heterocycles. The molecule has 1 aliphatic heterocycles. The highest BCUT2D eigenvalue weighted by Crippen LogP contribution is 2.17. The fourth-order valence-electron chi connectivity index (χ4n) is 2.63. The standard InChI is InChI=1S/C15H20N4O3S/c1-13-16-17-15(22-13)7-8-18-9-11-19(12-10-18)23(20,21)14-5-3-2-4-6-14/h2-6H,7-12H2,1H3. The second-order valence-corrected chi connectivity index (χ2v) is 7.46. The Balaban J connectivity index is 1.54. The number of nitrogens with zero attached hydrogens (tertiary/aromatic N) is 4. The van der Waals surface area contributed by atoms with Crippen molar-refractivity contribution in [2.24, 2.45) is 0 Å². The van der Waals surface area contributed by atoms with Crippen LogP contribution in [0.3, 0.4) is 0 Å². The van der Waals surface area contributed by atoms with E-state index in [2.05, 4.69) is 15.1 Å². The van der Waals surface area contributed by atoms with Crippen LogP contribution >= 0.6 is 0 Å². The zero-order chi connectivity index (χ0) is 16.3. The first-order valence-corrected chi connectivity index (χ1v) is 9.06. The van der Waals surface area contributed by atoms with Gasteiger partial charge < -0.3 is 9.32 Å². The van der Waals surface area contributed by atoms with Gasteiger partial charge in [-0.3, -0.25) is 0 Å². The molecule has 7 nitrogen and oxygen atoms in total. The van der Waals surface area contributed by atoms with Crippen LogP contribution < -0.4 is 0 Å². The topological polar surface area (TPSA) is 79.5 Å². The molecule has 0 unspecified atom stereocenters. The molecule has 0 atom stereocenters. The highest BCUT2D eigenvalue weighted by atomic mass is 32.2. The molecule has 0 amide bonds. The summed E-state index contributed by atoms with van der Waals surface area (Å²) in [5, 5.41) is 7.78. The molecule has 23 heavy (non-hydrogen) atoms. The first-order valence-electron chi connectivity index (χ1n) is 7.62. The van der Waals surface area contributed by atoms with Gasteiger partial charge in [0.25, 0.3) is 0 Å². The van der Waals surface area contributed by atoms with E-state index in [-0.39, 0.29) is 0 Å². The minimum atomic E-state index is -3.38. The van der Waals surface area contributed by atoms with Crippen molar-refractivity contribution in [1.82, 2.24) is 19.4 Å². The zero-order valence-corrected chi connectivity index (χ0v) is 13.9. The summed E-state index contributed by atoms with van der Waals surface area (Å²) in [6.07, 6.45) is 0.687. The van der Waals surface area contributed by atoms with Gasteiger partial charge in [0.05, 0.1) is 4.90 Å². The molecular formula is C15H20N4O3S. The highest BCUT2D eigenvalue weighted by molar-refractivity contribution is 7.89. The first-order chi connectivity index (χ1) is 11.1. The highest BCUT2D eigenvalue weighted by Gasteiger charge is 2.28. The van der Waals surface area contributed by atoms with Crippen molar-refractivity contribution in [3.05, 3.63) is 42.1 Å². The summed E-state index contributed by atoms with van der Waals surface area (Å²) in [6.45, 7) is 4.98. The number of hydrogen-bond donors (Lipinski definition) is 0. The molecule has 1 aliphatic rings. The summed E-state index contributed by atoms with van der Waals surface area (Å²) >= 11 is 0. The molecule has 2 aromatic rings. The Kier molecular flexibility index (Phi) is 4.74. The molecule has 0 N–H and O–H groups in total. The largest absolute Gasteiger partial charge is 0.426 e. The van der Waals surface area contributed by atoms with Crippen molar-refractivity contribution < 1.29 is 12.8 Å². The van der Waals surface area contributed by atoms with Crippen LogP contribution in [0.25, 0.3) is 0 Å². The van der Waals surface area contributed by atoms with E-state index in [1.807, 2.05) is 6.07 Å². The van der Waals surface area contributed by atoms with Gasteiger partial charge in [0.1, 0.15) is 0 Å². The van der Waals surface area contributed by atoms with Gasteiger partial charge in [0.2, 0.25) is 21.8 Å². The molecule has 0 spiro atoms. The second kappa shape index (κ2) is 6.77. The van der Waals surface area contributed by atoms with E-state index >= 15 is 0 Å². The quantitative estimate of drug-likeness (QED) is 0.808. The lowest BCUT2D eigenvalue weighted by atomic mass is 10.3. The Morgan fingerprint density at radius 2 is 1.78 bits per heavy atom. The molecule has 1 fully saturated rings. The average molecular weight is 336 g/mol.